The SMILES string of the molecule is C=CCn1c(COc2ccc(C(C)(C)C)cc2)nnc1SCC(=O)Nc1sc2c(c1C#N)CCCCC2. The fourth-order valence-corrected chi connectivity index (χ4v) is 6.31. The van der Waals surface area contributed by atoms with Gasteiger partial charge in [-0.05, 0) is 54.4 Å². The number of fused-ring (bicyclic) bond motifs is 1. The highest BCUT2D eigenvalue weighted by Crippen LogP contribution is 2.37. The number of carbonyl (C=O) groups excluding carboxylic acids is 1. The van der Waals surface area contributed by atoms with Crippen molar-refractivity contribution in [3.05, 3.63) is 64.3 Å². The van der Waals surface area contributed by atoms with Crippen molar-refractivity contribution < 1.29 is 9.53 Å². The Kier molecular flexibility index (Phi) is 8.72. The van der Waals surface area contributed by atoms with E-state index in [4.69, 9.17) is 4.74 Å². The monoisotopic (exact) mass is 535 g/mol. The van der Waals surface area contributed by atoms with Crippen LogP contribution in [0.3, 0.4) is 0 Å². The van der Waals surface area contributed by atoms with Crippen LogP contribution in [-0.2, 0) is 36.2 Å². The Morgan fingerprint density at radius 1 is 1.24 bits per heavy atom. The van der Waals surface area contributed by atoms with Crippen LogP contribution in [0.2, 0.25) is 0 Å². The molecule has 9 heteroatoms. The van der Waals surface area contributed by atoms with E-state index in [9.17, 15) is 10.1 Å². The maximum Gasteiger partial charge on any atom is 0.235 e. The summed E-state index contributed by atoms with van der Waals surface area (Å²) >= 11 is 2.85. The molecular weight excluding hydrogens is 502 g/mol. The molecule has 1 N–H and O–H groups in total. The van der Waals surface area contributed by atoms with E-state index in [2.05, 4.69) is 61.1 Å². The van der Waals surface area contributed by atoms with Crippen molar-refractivity contribution in [2.24, 2.45) is 0 Å². The van der Waals surface area contributed by atoms with Gasteiger partial charge in [0.15, 0.2) is 11.0 Å². The third-order valence-corrected chi connectivity index (χ3v) is 8.49. The van der Waals surface area contributed by atoms with Crippen molar-refractivity contribution in [2.45, 2.75) is 76.6 Å². The number of ether oxygens (including phenoxy) is 1. The van der Waals surface area contributed by atoms with Gasteiger partial charge in [-0.15, -0.1) is 28.1 Å². The van der Waals surface area contributed by atoms with Gasteiger partial charge >= 0.3 is 0 Å². The van der Waals surface area contributed by atoms with Crippen molar-refractivity contribution >= 4 is 34.0 Å². The van der Waals surface area contributed by atoms with E-state index < -0.39 is 0 Å². The number of rotatable bonds is 9. The number of carbonyl (C=O) groups is 1. The summed E-state index contributed by atoms with van der Waals surface area (Å²) in [6, 6.07) is 10.4. The van der Waals surface area contributed by atoms with Gasteiger partial charge in [0.2, 0.25) is 5.91 Å². The average molecular weight is 536 g/mol. The van der Waals surface area contributed by atoms with E-state index in [-0.39, 0.29) is 23.7 Å². The second-order valence-electron chi connectivity index (χ2n) is 10.1. The van der Waals surface area contributed by atoms with Gasteiger partial charge in [0.1, 0.15) is 23.4 Å². The third-order valence-electron chi connectivity index (χ3n) is 6.31. The lowest BCUT2D eigenvalue weighted by Crippen LogP contribution is -2.15. The van der Waals surface area contributed by atoms with Crippen molar-refractivity contribution in [1.29, 1.82) is 5.26 Å². The Morgan fingerprint density at radius 3 is 2.70 bits per heavy atom. The van der Waals surface area contributed by atoms with Crippen LogP contribution in [-0.4, -0.2) is 26.4 Å². The van der Waals surface area contributed by atoms with Crippen molar-refractivity contribution in [1.82, 2.24) is 14.8 Å². The van der Waals surface area contributed by atoms with E-state index in [0.29, 0.717) is 28.1 Å². The first-order chi connectivity index (χ1) is 17.8. The number of benzene rings is 1. The first-order valence-electron chi connectivity index (χ1n) is 12.5. The lowest BCUT2D eigenvalue weighted by Gasteiger charge is -2.19. The number of nitrogens with zero attached hydrogens (tertiary/aromatic N) is 4. The number of allylic oxidation sites excluding steroid dienone is 1. The van der Waals surface area contributed by atoms with E-state index in [0.717, 1.165) is 37.0 Å². The molecule has 3 aromatic rings. The Labute approximate surface area is 226 Å². The van der Waals surface area contributed by atoms with Crippen molar-refractivity contribution in [3.8, 4) is 11.8 Å². The summed E-state index contributed by atoms with van der Waals surface area (Å²) < 4.78 is 7.87. The Balaban J connectivity index is 1.38. The molecule has 0 fully saturated rings. The fraction of sp³-hybridized carbons (Fsp3) is 0.429. The topological polar surface area (TPSA) is 92.8 Å². The standard InChI is InChI=1S/C28H33N5O2S2/c1-5-15-33-24(17-35-20-13-11-19(12-14-20)28(2,3)4)31-32-27(33)36-18-25(34)30-26-22(16-29)21-9-7-6-8-10-23(21)37-26/h5,11-14H,1,6-10,15,17-18H2,2-4H3,(H,30,34). The molecule has 7 nitrogen and oxygen atoms in total. The maximum atomic E-state index is 12.8. The lowest BCUT2D eigenvalue weighted by atomic mass is 9.87. The summed E-state index contributed by atoms with van der Waals surface area (Å²) in [5, 5.41) is 22.6. The normalized spacial score (nSPS) is 13.4. The predicted molar refractivity (Wildman–Crippen MR) is 149 cm³/mol. The molecule has 0 saturated heterocycles. The molecule has 194 valence electrons. The summed E-state index contributed by atoms with van der Waals surface area (Å²) in [5.41, 5.74) is 3.08. The molecule has 1 amide bonds. The molecule has 0 unspecified atom stereocenters. The molecule has 1 aliphatic rings. The number of thiophene rings is 1. The number of hydrogen-bond donors (Lipinski definition) is 1. The number of aryl methyl sites for hydroxylation is 1. The summed E-state index contributed by atoms with van der Waals surface area (Å²) in [5.74, 6) is 1.43. The molecule has 0 radical (unpaired) electrons. The molecule has 0 bridgehead atoms. The maximum absolute atomic E-state index is 12.8. The second-order valence-corrected chi connectivity index (χ2v) is 12.1. The van der Waals surface area contributed by atoms with E-state index in [1.165, 1.54) is 28.6 Å². The molecule has 37 heavy (non-hydrogen) atoms. The molecule has 1 aromatic carbocycles. The summed E-state index contributed by atoms with van der Waals surface area (Å²) in [6.07, 6.45) is 7.08. The second kappa shape index (κ2) is 12.0. The molecule has 2 aromatic heterocycles. The first kappa shape index (κ1) is 27.0. The van der Waals surface area contributed by atoms with Gasteiger partial charge in [0.05, 0.1) is 11.3 Å². The van der Waals surface area contributed by atoms with E-state index >= 15 is 0 Å². The van der Waals surface area contributed by atoms with Crippen LogP contribution in [0.1, 0.15) is 67.4 Å². The molecule has 0 saturated carbocycles. The molecule has 0 aliphatic heterocycles. The molecule has 0 spiro atoms. The zero-order chi connectivity index (χ0) is 26.4. The highest BCUT2D eigenvalue weighted by Gasteiger charge is 2.22. The number of thioether (sulfide) groups is 1. The number of amides is 1. The van der Waals surface area contributed by atoms with Crippen LogP contribution < -0.4 is 10.1 Å². The van der Waals surface area contributed by atoms with Crippen molar-refractivity contribution in [2.75, 3.05) is 11.1 Å². The van der Waals surface area contributed by atoms with Crippen LogP contribution in [0.5, 0.6) is 5.75 Å². The average Bonchev–Trinajstić information content (AvgIpc) is 3.31. The van der Waals surface area contributed by atoms with Gasteiger partial charge in [-0.2, -0.15) is 5.26 Å². The highest BCUT2D eigenvalue weighted by atomic mass is 32.2. The van der Waals surface area contributed by atoms with Crippen LogP contribution in [0.25, 0.3) is 0 Å². The number of anilines is 1. The van der Waals surface area contributed by atoms with Gasteiger partial charge in [-0.25, -0.2) is 0 Å². The fourth-order valence-electron chi connectivity index (χ4n) is 4.29. The van der Waals surface area contributed by atoms with Gasteiger partial charge in [-0.1, -0.05) is 57.2 Å². The Hall–Kier alpha value is -3.09. The molecule has 2 heterocycles. The largest absolute Gasteiger partial charge is 0.486 e. The quantitative estimate of drug-likeness (QED) is 0.197. The first-order valence-corrected chi connectivity index (χ1v) is 14.3. The molecule has 1 aliphatic carbocycles. The summed E-state index contributed by atoms with van der Waals surface area (Å²) in [6.45, 7) is 11.1. The van der Waals surface area contributed by atoms with Gasteiger partial charge in [0.25, 0.3) is 0 Å². The van der Waals surface area contributed by atoms with Crippen LogP contribution in [0.4, 0.5) is 5.00 Å². The minimum Gasteiger partial charge on any atom is -0.486 e. The van der Waals surface area contributed by atoms with Crippen molar-refractivity contribution in [3.63, 3.8) is 0 Å². The zero-order valence-corrected chi connectivity index (χ0v) is 23.3. The van der Waals surface area contributed by atoms with E-state index in [1.54, 1.807) is 17.4 Å². The summed E-state index contributed by atoms with van der Waals surface area (Å²) in [7, 11) is 0. The third kappa shape index (κ3) is 6.62. The van der Waals surface area contributed by atoms with Crippen LogP contribution in [0, 0.1) is 11.3 Å². The van der Waals surface area contributed by atoms with Gasteiger partial charge in [-0.3, -0.25) is 9.36 Å². The molecule has 4 rings (SSSR count). The lowest BCUT2D eigenvalue weighted by molar-refractivity contribution is -0.113. The minimum atomic E-state index is -0.164. The number of nitrogens with one attached hydrogen (secondary N) is 1. The summed E-state index contributed by atoms with van der Waals surface area (Å²) in [4.78, 5) is 14.0. The van der Waals surface area contributed by atoms with Gasteiger partial charge in [0, 0.05) is 11.4 Å². The number of hydrogen-bond acceptors (Lipinski definition) is 7. The predicted octanol–water partition coefficient (Wildman–Crippen LogP) is 6.27. The van der Waals surface area contributed by atoms with Crippen LogP contribution in [0.15, 0.2) is 42.1 Å². The number of aromatic nitrogens is 3. The van der Waals surface area contributed by atoms with E-state index in [1.807, 2.05) is 16.7 Å². The minimum absolute atomic E-state index is 0.0828. The Bertz CT molecular complexity index is 1300. The molecule has 0 atom stereocenters. The van der Waals surface area contributed by atoms with Gasteiger partial charge < -0.3 is 10.1 Å². The number of nitriles is 1. The molecular formula is C28H33N5O2S2. The smallest absolute Gasteiger partial charge is 0.235 e. The zero-order valence-electron chi connectivity index (χ0n) is 21.7. The highest BCUT2D eigenvalue weighted by molar-refractivity contribution is 7.99. The van der Waals surface area contributed by atoms with Crippen LogP contribution >= 0.6 is 23.1 Å². The Morgan fingerprint density at radius 2 is 2.00 bits per heavy atom.